The Labute approximate surface area is 131 Å². The first-order chi connectivity index (χ1) is 10.6. The van der Waals surface area contributed by atoms with E-state index in [-0.39, 0.29) is 10.8 Å². The Morgan fingerprint density at radius 1 is 0.955 bits per heavy atom. The predicted molar refractivity (Wildman–Crippen MR) is 83.2 cm³/mol. The van der Waals surface area contributed by atoms with Crippen molar-refractivity contribution in [1.29, 1.82) is 0 Å². The van der Waals surface area contributed by atoms with E-state index in [0.29, 0.717) is 31.7 Å². The Balaban J connectivity index is 1.76. The smallest absolute Gasteiger partial charge is 0.253 e. The molecule has 120 valence electrons. The van der Waals surface area contributed by atoms with Gasteiger partial charge in [0.25, 0.3) is 5.91 Å². The second-order valence-electron chi connectivity index (χ2n) is 5.68. The number of carbonyl (C=O) groups is 1. The number of benzene rings is 1. The molecule has 1 amide bonds. The molecular weight excluding hydrogens is 302 g/mol. The van der Waals surface area contributed by atoms with Crippen molar-refractivity contribution in [3.63, 3.8) is 0 Å². The number of piperazine rings is 1. The van der Waals surface area contributed by atoms with Gasteiger partial charge in [-0.2, -0.15) is 4.31 Å². The SMILES string of the molecule is O=C(c1ccc(S(=O)(=O)N2CCCC2)cc1)N1CCNCC1. The molecule has 0 saturated carbocycles. The summed E-state index contributed by atoms with van der Waals surface area (Å²) in [5.74, 6) is -0.0355. The van der Waals surface area contributed by atoms with Gasteiger partial charge in [-0.3, -0.25) is 4.79 Å². The van der Waals surface area contributed by atoms with Crippen LogP contribution in [0.2, 0.25) is 0 Å². The van der Waals surface area contributed by atoms with Crippen molar-refractivity contribution in [3.05, 3.63) is 29.8 Å². The number of nitrogens with one attached hydrogen (secondary N) is 1. The van der Waals surface area contributed by atoms with Crippen molar-refractivity contribution in [2.24, 2.45) is 0 Å². The van der Waals surface area contributed by atoms with Gasteiger partial charge >= 0.3 is 0 Å². The molecule has 1 N–H and O–H groups in total. The lowest BCUT2D eigenvalue weighted by molar-refractivity contribution is 0.0735. The van der Waals surface area contributed by atoms with Gasteiger partial charge in [0.1, 0.15) is 0 Å². The van der Waals surface area contributed by atoms with Gasteiger partial charge in [0.15, 0.2) is 0 Å². The van der Waals surface area contributed by atoms with Crippen LogP contribution in [0.4, 0.5) is 0 Å². The zero-order chi connectivity index (χ0) is 15.6. The van der Waals surface area contributed by atoms with Gasteiger partial charge < -0.3 is 10.2 Å². The maximum atomic E-state index is 12.4. The highest BCUT2D eigenvalue weighted by Gasteiger charge is 2.27. The van der Waals surface area contributed by atoms with Gasteiger partial charge in [0.2, 0.25) is 10.0 Å². The molecule has 2 saturated heterocycles. The number of amides is 1. The number of hydrogen-bond acceptors (Lipinski definition) is 4. The van der Waals surface area contributed by atoms with Crippen LogP contribution in [0.5, 0.6) is 0 Å². The maximum absolute atomic E-state index is 12.4. The van der Waals surface area contributed by atoms with Crippen LogP contribution in [-0.2, 0) is 10.0 Å². The lowest BCUT2D eigenvalue weighted by Gasteiger charge is -2.27. The summed E-state index contributed by atoms with van der Waals surface area (Å²) < 4.78 is 26.4. The van der Waals surface area contributed by atoms with Crippen LogP contribution in [0.1, 0.15) is 23.2 Å². The molecule has 1 aromatic rings. The molecule has 7 heteroatoms. The molecular formula is C15H21N3O3S. The van der Waals surface area contributed by atoms with E-state index in [4.69, 9.17) is 0 Å². The highest BCUT2D eigenvalue weighted by Crippen LogP contribution is 2.21. The highest BCUT2D eigenvalue weighted by atomic mass is 32.2. The summed E-state index contributed by atoms with van der Waals surface area (Å²) in [7, 11) is -3.41. The Morgan fingerprint density at radius 3 is 2.14 bits per heavy atom. The second-order valence-corrected chi connectivity index (χ2v) is 7.62. The number of nitrogens with zero attached hydrogens (tertiary/aromatic N) is 2. The molecule has 0 spiro atoms. The maximum Gasteiger partial charge on any atom is 0.253 e. The predicted octanol–water partition coefficient (Wildman–Crippen LogP) is 0.516. The lowest BCUT2D eigenvalue weighted by Crippen LogP contribution is -2.46. The monoisotopic (exact) mass is 323 g/mol. The Kier molecular flexibility index (Phi) is 4.46. The Hall–Kier alpha value is -1.44. The normalized spacial score (nSPS) is 20.3. The van der Waals surface area contributed by atoms with E-state index in [9.17, 15) is 13.2 Å². The fourth-order valence-corrected chi connectivity index (χ4v) is 4.41. The lowest BCUT2D eigenvalue weighted by atomic mass is 10.2. The largest absolute Gasteiger partial charge is 0.336 e. The molecule has 2 fully saturated rings. The average molecular weight is 323 g/mol. The van der Waals surface area contributed by atoms with Crippen LogP contribution in [0.25, 0.3) is 0 Å². The molecule has 0 aromatic heterocycles. The van der Waals surface area contributed by atoms with Crippen molar-refractivity contribution in [2.75, 3.05) is 39.3 Å². The van der Waals surface area contributed by atoms with E-state index in [2.05, 4.69) is 5.32 Å². The summed E-state index contributed by atoms with van der Waals surface area (Å²) >= 11 is 0. The minimum absolute atomic E-state index is 0.0355. The molecule has 0 aliphatic carbocycles. The van der Waals surface area contributed by atoms with Crippen molar-refractivity contribution in [1.82, 2.24) is 14.5 Å². The van der Waals surface area contributed by atoms with E-state index < -0.39 is 10.0 Å². The zero-order valence-corrected chi connectivity index (χ0v) is 13.3. The van der Waals surface area contributed by atoms with Crippen LogP contribution < -0.4 is 5.32 Å². The average Bonchev–Trinajstić information content (AvgIpc) is 3.10. The molecule has 0 unspecified atom stereocenters. The molecule has 22 heavy (non-hydrogen) atoms. The molecule has 3 rings (SSSR count). The fourth-order valence-electron chi connectivity index (χ4n) is 2.90. The van der Waals surface area contributed by atoms with Crippen LogP contribution in [0, 0.1) is 0 Å². The topological polar surface area (TPSA) is 69.7 Å². The summed E-state index contributed by atoms with van der Waals surface area (Å²) in [5, 5.41) is 3.20. The van der Waals surface area contributed by atoms with E-state index in [1.807, 2.05) is 0 Å². The van der Waals surface area contributed by atoms with Crippen LogP contribution in [-0.4, -0.2) is 62.8 Å². The first-order valence-corrected chi connectivity index (χ1v) is 9.13. The number of rotatable bonds is 3. The summed E-state index contributed by atoms with van der Waals surface area (Å²) in [4.78, 5) is 14.4. The van der Waals surface area contributed by atoms with Crippen molar-refractivity contribution < 1.29 is 13.2 Å². The highest BCUT2D eigenvalue weighted by molar-refractivity contribution is 7.89. The van der Waals surface area contributed by atoms with E-state index in [1.165, 1.54) is 4.31 Å². The van der Waals surface area contributed by atoms with Crippen LogP contribution in [0.3, 0.4) is 0 Å². The molecule has 2 aliphatic rings. The minimum atomic E-state index is -3.41. The van der Waals surface area contributed by atoms with E-state index in [1.54, 1.807) is 29.2 Å². The van der Waals surface area contributed by atoms with E-state index in [0.717, 1.165) is 25.9 Å². The van der Waals surface area contributed by atoms with Gasteiger partial charge in [0, 0.05) is 44.8 Å². The molecule has 6 nitrogen and oxygen atoms in total. The Bertz CT molecular complexity index is 631. The summed E-state index contributed by atoms with van der Waals surface area (Å²) in [5.41, 5.74) is 0.544. The molecule has 0 atom stereocenters. The van der Waals surface area contributed by atoms with Gasteiger partial charge in [-0.25, -0.2) is 8.42 Å². The van der Waals surface area contributed by atoms with Gasteiger partial charge in [-0.05, 0) is 37.1 Å². The third-order valence-corrected chi connectivity index (χ3v) is 6.12. The van der Waals surface area contributed by atoms with Crippen molar-refractivity contribution in [3.8, 4) is 0 Å². The summed E-state index contributed by atoms with van der Waals surface area (Å²) in [6.07, 6.45) is 1.83. The quantitative estimate of drug-likeness (QED) is 0.880. The first-order valence-electron chi connectivity index (χ1n) is 7.69. The number of sulfonamides is 1. The van der Waals surface area contributed by atoms with Crippen LogP contribution in [0.15, 0.2) is 29.2 Å². The minimum Gasteiger partial charge on any atom is -0.336 e. The Morgan fingerprint density at radius 2 is 1.55 bits per heavy atom. The van der Waals surface area contributed by atoms with Gasteiger partial charge in [-0.15, -0.1) is 0 Å². The van der Waals surface area contributed by atoms with Gasteiger partial charge in [-0.1, -0.05) is 0 Å². The number of hydrogen-bond donors (Lipinski definition) is 1. The fraction of sp³-hybridized carbons (Fsp3) is 0.533. The molecule has 0 bridgehead atoms. The molecule has 2 heterocycles. The van der Waals surface area contributed by atoms with Crippen LogP contribution >= 0.6 is 0 Å². The summed E-state index contributed by atoms with van der Waals surface area (Å²) in [6.45, 7) is 4.15. The molecule has 2 aliphatic heterocycles. The second kappa shape index (κ2) is 6.36. The molecule has 0 radical (unpaired) electrons. The molecule has 1 aromatic carbocycles. The standard InChI is InChI=1S/C15H21N3O3S/c19-15(17-11-7-16-8-12-17)13-3-5-14(6-4-13)22(20,21)18-9-1-2-10-18/h3-6,16H,1-2,7-12H2. The zero-order valence-electron chi connectivity index (χ0n) is 12.5. The van der Waals surface area contributed by atoms with Crippen molar-refractivity contribution >= 4 is 15.9 Å². The number of carbonyl (C=O) groups excluding carboxylic acids is 1. The van der Waals surface area contributed by atoms with E-state index >= 15 is 0 Å². The summed E-state index contributed by atoms with van der Waals surface area (Å²) in [6, 6.07) is 6.33. The van der Waals surface area contributed by atoms with Crippen molar-refractivity contribution in [2.45, 2.75) is 17.7 Å². The third-order valence-electron chi connectivity index (χ3n) is 4.21. The van der Waals surface area contributed by atoms with Gasteiger partial charge in [0.05, 0.1) is 4.90 Å². The first kappa shape index (κ1) is 15.5. The third kappa shape index (κ3) is 3.02.